The molecule has 2 heterocycles. The SMILES string of the molecule is OC[C@@H]1OC(Cl)(c2ccccc2)OC[C@H]2OC(Cl)(c3ccccc3)O[C@@H]1[C@H]2O. The van der Waals surface area contributed by atoms with Crippen LogP contribution >= 0.6 is 23.2 Å². The van der Waals surface area contributed by atoms with Crippen LogP contribution in [0.3, 0.4) is 0 Å². The van der Waals surface area contributed by atoms with Crippen LogP contribution in [0.5, 0.6) is 0 Å². The smallest absolute Gasteiger partial charge is 0.277 e. The van der Waals surface area contributed by atoms with Gasteiger partial charge in [-0.1, -0.05) is 83.9 Å². The highest BCUT2D eigenvalue weighted by Crippen LogP contribution is 2.45. The van der Waals surface area contributed by atoms with E-state index in [4.69, 9.17) is 42.1 Å². The van der Waals surface area contributed by atoms with E-state index in [2.05, 4.69) is 0 Å². The second-order valence-corrected chi connectivity index (χ2v) is 7.68. The quantitative estimate of drug-likeness (QED) is 0.734. The molecule has 2 fully saturated rings. The van der Waals surface area contributed by atoms with Crippen LogP contribution in [-0.2, 0) is 29.4 Å². The second-order valence-electron chi connectivity index (χ2n) is 6.68. The number of benzene rings is 2. The third-order valence-electron chi connectivity index (χ3n) is 4.83. The zero-order valence-electron chi connectivity index (χ0n) is 14.8. The molecule has 6 nitrogen and oxygen atoms in total. The van der Waals surface area contributed by atoms with Gasteiger partial charge in [-0.3, -0.25) is 0 Å². The van der Waals surface area contributed by atoms with Crippen LogP contribution in [-0.4, -0.2) is 47.8 Å². The average molecular weight is 427 g/mol. The maximum absolute atomic E-state index is 10.7. The molecule has 2 saturated heterocycles. The molecular weight excluding hydrogens is 407 g/mol. The molecule has 6 atom stereocenters. The van der Waals surface area contributed by atoms with Crippen molar-refractivity contribution in [3.63, 3.8) is 0 Å². The van der Waals surface area contributed by atoms with Crippen molar-refractivity contribution in [3.8, 4) is 0 Å². The molecule has 2 aromatic rings. The van der Waals surface area contributed by atoms with E-state index in [0.29, 0.717) is 11.1 Å². The first-order valence-corrected chi connectivity index (χ1v) is 9.66. The highest BCUT2D eigenvalue weighted by Gasteiger charge is 2.54. The number of alkyl halides is 2. The molecule has 0 amide bonds. The fraction of sp³-hybridized carbons (Fsp3) is 0.400. The second kappa shape index (κ2) is 7.89. The Bertz CT molecular complexity index is 750. The third kappa shape index (κ3) is 3.67. The Morgan fingerprint density at radius 3 is 2.00 bits per heavy atom. The molecule has 28 heavy (non-hydrogen) atoms. The van der Waals surface area contributed by atoms with Crippen molar-refractivity contribution in [1.29, 1.82) is 0 Å². The molecule has 2 aromatic carbocycles. The first-order valence-electron chi connectivity index (χ1n) is 8.90. The van der Waals surface area contributed by atoms with Gasteiger partial charge in [0.1, 0.15) is 24.4 Å². The summed E-state index contributed by atoms with van der Waals surface area (Å²) < 4.78 is 23.5. The molecule has 2 N–H and O–H groups in total. The minimum Gasteiger partial charge on any atom is -0.394 e. The summed E-state index contributed by atoms with van der Waals surface area (Å²) in [6.45, 7) is -0.570. The van der Waals surface area contributed by atoms with Gasteiger partial charge in [0.25, 0.3) is 10.5 Å². The molecule has 4 rings (SSSR count). The Labute approximate surface area is 172 Å². The van der Waals surface area contributed by atoms with Crippen molar-refractivity contribution in [3.05, 3.63) is 71.8 Å². The Morgan fingerprint density at radius 1 is 0.857 bits per heavy atom. The molecule has 0 radical (unpaired) electrons. The van der Waals surface area contributed by atoms with Crippen LogP contribution in [0.1, 0.15) is 11.1 Å². The van der Waals surface area contributed by atoms with Crippen molar-refractivity contribution in [2.45, 2.75) is 34.9 Å². The molecular formula is C20H20Cl2O6. The molecule has 2 unspecified atom stereocenters. The number of halogens is 2. The first kappa shape index (κ1) is 20.1. The van der Waals surface area contributed by atoms with Gasteiger partial charge in [-0.25, -0.2) is 0 Å². The van der Waals surface area contributed by atoms with E-state index in [-0.39, 0.29) is 6.61 Å². The van der Waals surface area contributed by atoms with Crippen LogP contribution in [0.25, 0.3) is 0 Å². The number of fused-ring (bicyclic) bond motifs is 2. The van der Waals surface area contributed by atoms with E-state index in [1.54, 1.807) is 48.5 Å². The van der Waals surface area contributed by atoms with Gasteiger partial charge in [0, 0.05) is 11.1 Å². The molecule has 2 aliphatic heterocycles. The lowest BCUT2D eigenvalue weighted by Crippen LogP contribution is -2.62. The fourth-order valence-corrected chi connectivity index (χ4v) is 4.01. The summed E-state index contributed by atoms with van der Waals surface area (Å²) >= 11 is 13.2. The summed E-state index contributed by atoms with van der Waals surface area (Å²) in [7, 11) is 0. The number of aliphatic hydroxyl groups is 2. The monoisotopic (exact) mass is 426 g/mol. The molecule has 8 heteroatoms. The van der Waals surface area contributed by atoms with E-state index in [1.807, 2.05) is 12.1 Å². The Morgan fingerprint density at radius 2 is 1.43 bits per heavy atom. The number of ether oxygens (including phenoxy) is 4. The minimum atomic E-state index is -1.67. The number of aliphatic hydroxyl groups excluding tert-OH is 2. The van der Waals surface area contributed by atoms with E-state index in [1.165, 1.54) is 0 Å². The summed E-state index contributed by atoms with van der Waals surface area (Å²) in [4.78, 5) is 0. The minimum absolute atomic E-state index is 0.0983. The van der Waals surface area contributed by atoms with Gasteiger partial charge in [-0.15, -0.1) is 0 Å². The van der Waals surface area contributed by atoms with Gasteiger partial charge >= 0.3 is 0 Å². The summed E-state index contributed by atoms with van der Waals surface area (Å²) in [5.74, 6) is 0. The summed E-state index contributed by atoms with van der Waals surface area (Å²) in [5, 5.41) is 17.3. The maximum atomic E-state index is 10.7. The Hall–Kier alpha value is -1.22. The Balaban J connectivity index is 1.68. The first-order chi connectivity index (χ1) is 13.5. The molecule has 0 spiro atoms. The lowest BCUT2D eigenvalue weighted by Gasteiger charge is -2.49. The molecule has 0 saturated carbocycles. The van der Waals surface area contributed by atoms with Crippen molar-refractivity contribution < 1.29 is 29.2 Å². The third-order valence-corrected chi connectivity index (χ3v) is 5.64. The predicted molar refractivity (Wildman–Crippen MR) is 102 cm³/mol. The average Bonchev–Trinajstić information content (AvgIpc) is 2.73. The van der Waals surface area contributed by atoms with E-state index < -0.39 is 41.5 Å². The van der Waals surface area contributed by atoms with Crippen LogP contribution in [0.4, 0.5) is 0 Å². The van der Waals surface area contributed by atoms with Crippen LogP contribution in [0.15, 0.2) is 60.7 Å². The summed E-state index contributed by atoms with van der Waals surface area (Å²) in [6, 6.07) is 17.8. The highest BCUT2D eigenvalue weighted by atomic mass is 35.5. The Kier molecular flexibility index (Phi) is 5.66. The highest BCUT2D eigenvalue weighted by molar-refractivity contribution is 6.22. The van der Waals surface area contributed by atoms with Gasteiger partial charge in [-0.2, -0.15) is 0 Å². The van der Waals surface area contributed by atoms with Crippen LogP contribution in [0, 0.1) is 0 Å². The van der Waals surface area contributed by atoms with Gasteiger partial charge in [0.15, 0.2) is 0 Å². The molecule has 0 aliphatic carbocycles. The lowest BCUT2D eigenvalue weighted by molar-refractivity contribution is -0.377. The van der Waals surface area contributed by atoms with Gasteiger partial charge in [0.05, 0.1) is 13.2 Å². The predicted octanol–water partition coefficient (Wildman–Crippen LogP) is 2.64. The van der Waals surface area contributed by atoms with E-state index >= 15 is 0 Å². The maximum Gasteiger partial charge on any atom is 0.277 e. The van der Waals surface area contributed by atoms with Crippen molar-refractivity contribution >= 4 is 23.2 Å². The molecule has 2 aliphatic rings. The van der Waals surface area contributed by atoms with Gasteiger partial charge in [0.2, 0.25) is 0 Å². The van der Waals surface area contributed by atoms with Gasteiger partial charge < -0.3 is 29.2 Å². The zero-order valence-corrected chi connectivity index (χ0v) is 16.3. The summed E-state index contributed by atoms with van der Waals surface area (Å²) in [5.41, 5.74) is 1.10. The number of rotatable bonds is 3. The standard InChI is InChI=1S/C20H20Cl2O6/c21-19(13-7-3-1-4-8-13)25-12-16-17(24)18(15(11-23)26-19)28-20(22,27-16)14-9-5-2-6-10-14/h1-10,15-18,23-24H,11-12H2/t15-,16+,17-,18-,19?,20?/m0/s1. The largest absolute Gasteiger partial charge is 0.394 e. The fourth-order valence-electron chi connectivity index (χ4n) is 3.37. The van der Waals surface area contributed by atoms with E-state index in [0.717, 1.165) is 0 Å². The van der Waals surface area contributed by atoms with Crippen LogP contribution in [0.2, 0.25) is 0 Å². The molecule has 2 bridgehead atoms. The molecule has 150 valence electrons. The van der Waals surface area contributed by atoms with Gasteiger partial charge in [-0.05, 0) is 0 Å². The number of hydrogen-bond acceptors (Lipinski definition) is 6. The van der Waals surface area contributed by atoms with Crippen molar-refractivity contribution in [2.24, 2.45) is 0 Å². The lowest BCUT2D eigenvalue weighted by atomic mass is 10.00. The normalized spacial score (nSPS) is 38.4. The van der Waals surface area contributed by atoms with Crippen molar-refractivity contribution in [2.75, 3.05) is 13.2 Å². The number of hydrogen-bond donors (Lipinski definition) is 2. The summed E-state index contributed by atoms with van der Waals surface area (Å²) in [6.07, 6.45) is -3.99. The van der Waals surface area contributed by atoms with Crippen molar-refractivity contribution in [1.82, 2.24) is 0 Å². The van der Waals surface area contributed by atoms with E-state index in [9.17, 15) is 10.2 Å². The topological polar surface area (TPSA) is 77.4 Å². The van der Waals surface area contributed by atoms with Crippen LogP contribution < -0.4 is 0 Å². The molecule has 0 aromatic heterocycles. The zero-order chi connectivity index (χ0) is 19.8.